The summed E-state index contributed by atoms with van der Waals surface area (Å²) in [6.45, 7) is 4.54. The van der Waals surface area contributed by atoms with Crippen molar-refractivity contribution >= 4 is 27.5 Å². The Bertz CT molecular complexity index is 565. The molecule has 0 amide bonds. The van der Waals surface area contributed by atoms with Crippen molar-refractivity contribution in [2.24, 2.45) is 5.73 Å². The van der Waals surface area contributed by atoms with E-state index in [9.17, 15) is 0 Å². The fourth-order valence-electron chi connectivity index (χ4n) is 1.84. The van der Waals surface area contributed by atoms with Gasteiger partial charge >= 0.3 is 0 Å². The molecule has 0 aliphatic carbocycles. The second-order valence-electron chi connectivity index (χ2n) is 4.24. The van der Waals surface area contributed by atoms with E-state index in [1.165, 1.54) is 0 Å². The van der Waals surface area contributed by atoms with Crippen molar-refractivity contribution in [3.63, 3.8) is 0 Å². The predicted molar refractivity (Wildman–Crippen MR) is 76.4 cm³/mol. The molecule has 0 aliphatic heterocycles. The van der Waals surface area contributed by atoms with E-state index >= 15 is 0 Å². The third-order valence-corrected chi connectivity index (χ3v) is 3.86. The summed E-state index contributed by atoms with van der Waals surface area (Å²) < 4.78 is 2.88. The van der Waals surface area contributed by atoms with Gasteiger partial charge in [0.2, 0.25) is 0 Å². The Morgan fingerprint density at radius 2 is 2.11 bits per heavy atom. The SMILES string of the molecule is CC(C)n1c(CN)nnc1-c1ccc(Cl)c(Br)c1. The van der Waals surface area contributed by atoms with Gasteiger partial charge < -0.3 is 10.3 Å². The fraction of sp³-hybridized carbons (Fsp3) is 0.333. The zero-order chi connectivity index (χ0) is 13.3. The molecular weight excluding hydrogens is 316 g/mol. The lowest BCUT2D eigenvalue weighted by atomic mass is 10.2. The summed E-state index contributed by atoms with van der Waals surface area (Å²) in [7, 11) is 0. The Morgan fingerprint density at radius 1 is 1.39 bits per heavy atom. The van der Waals surface area contributed by atoms with Gasteiger partial charge in [-0.3, -0.25) is 0 Å². The summed E-state index contributed by atoms with van der Waals surface area (Å²) >= 11 is 9.41. The third kappa shape index (κ3) is 2.43. The Labute approximate surface area is 119 Å². The monoisotopic (exact) mass is 328 g/mol. The second kappa shape index (κ2) is 5.38. The van der Waals surface area contributed by atoms with Gasteiger partial charge in [0.25, 0.3) is 0 Å². The highest BCUT2D eigenvalue weighted by Gasteiger charge is 2.15. The first kappa shape index (κ1) is 13.5. The zero-order valence-electron chi connectivity index (χ0n) is 10.2. The van der Waals surface area contributed by atoms with Gasteiger partial charge in [-0.1, -0.05) is 11.6 Å². The number of nitrogens with two attached hydrogens (primary N) is 1. The number of nitrogens with zero attached hydrogens (tertiary/aromatic N) is 3. The maximum Gasteiger partial charge on any atom is 0.164 e. The van der Waals surface area contributed by atoms with Gasteiger partial charge in [0.1, 0.15) is 5.82 Å². The molecule has 0 radical (unpaired) electrons. The summed E-state index contributed by atoms with van der Waals surface area (Å²) in [5.74, 6) is 1.59. The smallest absolute Gasteiger partial charge is 0.164 e. The van der Waals surface area contributed by atoms with Crippen LogP contribution in [0.1, 0.15) is 25.7 Å². The molecular formula is C12H14BrClN4. The Hall–Kier alpha value is -0.910. The van der Waals surface area contributed by atoms with Crippen molar-refractivity contribution in [1.29, 1.82) is 0 Å². The molecule has 0 saturated heterocycles. The van der Waals surface area contributed by atoms with Gasteiger partial charge in [-0.2, -0.15) is 0 Å². The van der Waals surface area contributed by atoms with Gasteiger partial charge in [0.15, 0.2) is 5.82 Å². The maximum atomic E-state index is 5.99. The third-order valence-electron chi connectivity index (χ3n) is 2.64. The van der Waals surface area contributed by atoms with Crippen molar-refractivity contribution in [3.8, 4) is 11.4 Å². The normalized spacial score (nSPS) is 11.2. The highest BCUT2D eigenvalue weighted by atomic mass is 79.9. The van der Waals surface area contributed by atoms with E-state index in [2.05, 4.69) is 40.0 Å². The van der Waals surface area contributed by atoms with Crippen LogP contribution in [0.4, 0.5) is 0 Å². The van der Waals surface area contributed by atoms with Crippen molar-refractivity contribution in [2.75, 3.05) is 0 Å². The molecule has 96 valence electrons. The molecule has 0 atom stereocenters. The van der Waals surface area contributed by atoms with E-state index in [1.807, 2.05) is 22.8 Å². The molecule has 6 heteroatoms. The molecule has 0 aliphatic rings. The molecule has 0 saturated carbocycles. The van der Waals surface area contributed by atoms with Gasteiger partial charge in [-0.25, -0.2) is 0 Å². The van der Waals surface area contributed by atoms with Gasteiger partial charge in [0.05, 0.1) is 11.6 Å². The van der Waals surface area contributed by atoms with Crippen LogP contribution in [0.15, 0.2) is 22.7 Å². The fourth-order valence-corrected chi connectivity index (χ4v) is 2.33. The lowest BCUT2D eigenvalue weighted by Gasteiger charge is -2.13. The molecule has 0 unspecified atom stereocenters. The van der Waals surface area contributed by atoms with E-state index in [1.54, 1.807) is 0 Å². The number of aromatic nitrogens is 3. The Balaban J connectivity index is 2.56. The predicted octanol–water partition coefficient (Wildman–Crippen LogP) is 3.40. The molecule has 0 spiro atoms. The second-order valence-corrected chi connectivity index (χ2v) is 5.50. The first-order valence-corrected chi connectivity index (χ1v) is 6.81. The summed E-state index contributed by atoms with van der Waals surface area (Å²) in [6.07, 6.45) is 0. The summed E-state index contributed by atoms with van der Waals surface area (Å²) in [4.78, 5) is 0. The first-order valence-electron chi connectivity index (χ1n) is 5.64. The van der Waals surface area contributed by atoms with Crippen LogP contribution in [0, 0.1) is 0 Å². The molecule has 2 rings (SSSR count). The number of hydrogen-bond donors (Lipinski definition) is 1. The number of hydrogen-bond acceptors (Lipinski definition) is 3. The van der Waals surface area contributed by atoms with Gasteiger partial charge in [-0.05, 0) is 48.0 Å². The van der Waals surface area contributed by atoms with Gasteiger partial charge in [0, 0.05) is 16.1 Å². The van der Waals surface area contributed by atoms with Crippen LogP contribution in [-0.2, 0) is 6.54 Å². The highest BCUT2D eigenvalue weighted by molar-refractivity contribution is 9.10. The summed E-state index contributed by atoms with van der Waals surface area (Å²) in [5, 5.41) is 9.02. The minimum Gasteiger partial charge on any atom is -0.324 e. The van der Waals surface area contributed by atoms with E-state index in [0.29, 0.717) is 11.6 Å². The van der Waals surface area contributed by atoms with E-state index in [-0.39, 0.29) is 6.04 Å². The van der Waals surface area contributed by atoms with Crippen LogP contribution >= 0.6 is 27.5 Å². The summed E-state index contributed by atoms with van der Waals surface area (Å²) in [5.41, 5.74) is 6.65. The average Bonchev–Trinajstić information content (AvgIpc) is 2.76. The van der Waals surface area contributed by atoms with Crippen molar-refractivity contribution in [1.82, 2.24) is 14.8 Å². The minimum atomic E-state index is 0.253. The Morgan fingerprint density at radius 3 is 2.67 bits per heavy atom. The van der Waals surface area contributed by atoms with E-state index in [4.69, 9.17) is 17.3 Å². The zero-order valence-corrected chi connectivity index (χ0v) is 12.5. The average molecular weight is 330 g/mol. The van der Waals surface area contributed by atoms with Gasteiger partial charge in [-0.15, -0.1) is 10.2 Å². The lowest BCUT2D eigenvalue weighted by Crippen LogP contribution is -2.11. The standard InChI is InChI=1S/C12H14BrClN4/c1-7(2)18-11(6-15)16-17-12(18)8-3-4-10(14)9(13)5-8/h3-5,7H,6,15H2,1-2H3. The molecule has 1 heterocycles. The maximum absolute atomic E-state index is 5.99. The molecule has 2 aromatic rings. The number of benzene rings is 1. The molecule has 0 fully saturated rings. The molecule has 2 N–H and O–H groups in total. The van der Waals surface area contributed by atoms with Crippen LogP contribution in [0.25, 0.3) is 11.4 Å². The minimum absolute atomic E-state index is 0.253. The van der Waals surface area contributed by atoms with E-state index in [0.717, 1.165) is 21.7 Å². The van der Waals surface area contributed by atoms with Crippen LogP contribution in [0.5, 0.6) is 0 Å². The Kier molecular flexibility index (Phi) is 4.04. The topological polar surface area (TPSA) is 56.7 Å². The van der Waals surface area contributed by atoms with Crippen LogP contribution in [0.2, 0.25) is 5.02 Å². The molecule has 1 aromatic carbocycles. The van der Waals surface area contributed by atoms with Crippen LogP contribution < -0.4 is 5.73 Å². The van der Waals surface area contributed by atoms with E-state index < -0.39 is 0 Å². The molecule has 18 heavy (non-hydrogen) atoms. The number of halogens is 2. The highest BCUT2D eigenvalue weighted by Crippen LogP contribution is 2.29. The quantitative estimate of drug-likeness (QED) is 0.939. The largest absolute Gasteiger partial charge is 0.324 e. The van der Waals surface area contributed by atoms with Crippen molar-refractivity contribution < 1.29 is 0 Å². The van der Waals surface area contributed by atoms with Crippen LogP contribution in [-0.4, -0.2) is 14.8 Å². The van der Waals surface area contributed by atoms with Crippen LogP contribution in [0.3, 0.4) is 0 Å². The number of rotatable bonds is 3. The van der Waals surface area contributed by atoms with Crippen molar-refractivity contribution in [2.45, 2.75) is 26.4 Å². The molecule has 4 nitrogen and oxygen atoms in total. The molecule has 1 aromatic heterocycles. The van der Waals surface area contributed by atoms with Crippen molar-refractivity contribution in [3.05, 3.63) is 33.5 Å². The molecule has 0 bridgehead atoms. The lowest BCUT2D eigenvalue weighted by molar-refractivity contribution is 0.574. The first-order chi connectivity index (χ1) is 8.54. The summed E-state index contributed by atoms with van der Waals surface area (Å²) in [6, 6.07) is 5.95.